The zero-order valence-electron chi connectivity index (χ0n) is 10.8. The Kier molecular flexibility index (Phi) is 5.85. The van der Waals surface area contributed by atoms with Crippen LogP contribution >= 0.6 is 0 Å². The van der Waals surface area contributed by atoms with Crippen LogP contribution in [0.4, 0.5) is 0 Å². The number of hydrogen-bond acceptors (Lipinski definition) is 4. The van der Waals surface area contributed by atoms with E-state index >= 15 is 0 Å². The zero-order chi connectivity index (χ0) is 12.8. The van der Waals surface area contributed by atoms with Crippen LogP contribution in [0.25, 0.3) is 0 Å². The first kappa shape index (κ1) is 14.9. The van der Waals surface area contributed by atoms with Gasteiger partial charge in [-0.2, -0.15) is 0 Å². The molecular formula is C11H24N2O3S. The Hall–Kier alpha value is -0.170. The van der Waals surface area contributed by atoms with Gasteiger partial charge < -0.3 is 10.1 Å². The van der Waals surface area contributed by atoms with Gasteiger partial charge in [0.1, 0.15) is 0 Å². The molecule has 1 aliphatic rings. The third-order valence-corrected chi connectivity index (χ3v) is 4.47. The third-order valence-electron chi connectivity index (χ3n) is 3.06. The summed E-state index contributed by atoms with van der Waals surface area (Å²) in [6.07, 6.45) is 3.51. The quantitative estimate of drug-likeness (QED) is 0.626. The van der Waals surface area contributed by atoms with Crippen molar-refractivity contribution in [2.24, 2.45) is 0 Å². The molecule has 2 N–H and O–H groups in total. The molecule has 1 atom stereocenters. The van der Waals surface area contributed by atoms with Crippen LogP contribution in [0.5, 0.6) is 0 Å². The van der Waals surface area contributed by atoms with Crippen LogP contribution in [0, 0.1) is 0 Å². The Labute approximate surface area is 104 Å². The lowest BCUT2D eigenvalue weighted by Crippen LogP contribution is -2.41. The van der Waals surface area contributed by atoms with Crippen molar-refractivity contribution in [3.05, 3.63) is 0 Å². The molecule has 0 aromatic heterocycles. The summed E-state index contributed by atoms with van der Waals surface area (Å²) in [6.45, 7) is 3.95. The van der Waals surface area contributed by atoms with E-state index in [1.165, 1.54) is 0 Å². The van der Waals surface area contributed by atoms with Gasteiger partial charge in [0.05, 0.1) is 11.4 Å². The van der Waals surface area contributed by atoms with Crippen LogP contribution < -0.4 is 10.0 Å². The Morgan fingerprint density at radius 3 is 2.71 bits per heavy atom. The van der Waals surface area contributed by atoms with E-state index in [9.17, 15) is 8.42 Å². The highest BCUT2D eigenvalue weighted by atomic mass is 32.2. The number of sulfonamides is 1. The molecule has 0 aliphatic carbocycles. The standard InChI is InChI=1S/C11H24N2O3S/c1-11(6-5-8-16-11)10-13-17(14,15)9-4-3-7-12-2/h12-13H,3-10H2,1-2H3. The Morgan fingerprint density at radius 1 is 1.35 bits per heavy atom. The average molecular weight is 264 g/mol. The summed E-state index contributed by atoms with van der Waals surface area (Å²) in [7, 11) is -1.28. The molecule has 0 aromatic rings. The van der Waals surface area contributed by atoms with Gasteiger partial charge in [-0.15, -0.1) is 0 Å². The maximum atomic E-state index is 11.7. The maximum Gasteiger partial charge on any atom is 0.211 e. The first-order valence-corrected chi connectivity index (χ1v) is 7.89. The maximum absolute atomic E-state index is 11.7. The van der Waals surface area contributed by atoms with Crippen LogP contribution in [-0.4, -0.2) is 46.5 Å². The minimum Gasteiger partial charge on any atom is -0.374 e. The monoisotopic (exact) mass is 264 g/mol. The lowest BCUT2D eigenvalue weighted by Gasteiger charge is -2.23. The normalized spacial score (nSPS) is 25.3. The molecule has 17 heavy (non-hydrogen) atoms. The van der Waals surface area contributed by atoms with Gasteiger partial charge in [0.2, 0.25) is 10.0 Å². The molecule has 1 aliphatic heterocycles. The van der Waals surface area contributed by atoms with Crippen LogP contribution in [-0.2, 0) is 14.8 Å². The zero-order valence-corrected chi connectivity index (χ0v) is 11.6. The molecule has 1 saturated heterocycles. The van der Waals surface area contributed by atoms with E-state index in [1.807, 2.05) is 14.0 Å². The van der Waals surface area contributed by atoms with E-state index in [0.29, 0.717) is 13.0 Å². The van der Waals surface area contributed by atoms with Crippen molar-refractivity contribution in [1.29, 1.82) is 0 Å². The van der Waals surface area contributed by atoms with E-state index in [0.717, 1.165) is 32.4 Å². The fourth-order valence-corrected chi connectivity index (χ4v) is 3.16. The van der Waals surface area contributed by atoms with Crippen LogP contribution in [0.3, 0.4) is 0 Å². The summed E-state index contributed by atoms with van der Waals surface area (Å²) in [4.78, 5) is 0. The van der Waals surface area contributed by atoms with Crippen LogP contribution in [0.15, 0.2) is 0 Å². The highest BCUT2D eigenvalue weighted by Crippen LogP contribution is 2.24. The fraction of sp³-hybridized carbons (Fsp3) is 1.00. The van der Waals surface area contributed by atoms with Gasteiger partial charge in [-0.25, -0.2) is 13.1 Å². The van der Waals surface area contributed by atoms with Crippen molar-refractivity contribution in [1.82, 2.24) is 10.0 Å². The van der Waals surface area contributed by atoms with Crippen LogP contribution in [0.1, 0.15) is 32.6 Å². The van der Waals surface area contributed by atoms with E-state index in [2.05, 4.69) is 10.0 Å². The van der Waals surface area contributed by atoms with E-state index < -0.39 is 10.0 Å². The SMILES string of the molecule is CNCCCCS(=O)(=O)NCC1(C)CCCO1. The second-order valence-corrected chi connectivity index (χ2v) is 6.78. The first-order chi connectivity index (χ1) is 7.97. The lowest BCUT2D eigenvalue weighted by atomic mass is 10.0. The predicted molar refractivity (Wildman–Crippen MR) is 68.5 cm³/mol. The van der Waals surface area contributed by atoms with Crippen molar-refractivity contribution in [2.45, 2.75) is 38.2 Å². The smallest absolute Gasteiger partial charge is 0.211 e. The number of hydrogen-bond donors (Lipinski definition) is 2. The summed E-state index contributed by atoms with van der Waals surface area (Å²) in [5, 5.41) is 3.00. The molecule has 6 heteroatoms. The molecule has 0 bridgehead atoms. The number of nitrogens with one attached hydrogen (secondary N) is 2. The van der Waals surface area contributed by atoms with Gasteiger partial charge in [0.25, 0.3) is 0 Å². The first-order valence-electron chi connectivity index (χ1n) is 6.23. The molecule has 1 heterocycles. The largest absolute Gasteiger partial charge is 0.374 e. The Bertz CT molecular complexity index is 311. The molecule has 0 amide bonds. The minimum atomic E-state index is -3.15. The molecule has 0 aromatic carbocycles. The topological polar surface area (TPSA) is 67.4 Å². The Balaban J connectivity index is 2.24. The third kappa shape index (κ3) is 5.81. The van der Waals surface area contributed by atoms with E-state index in [-0.39, 0.29) is 11.4 Å². The summed E-state index contributed by atoms with van der Waals surface area (Å²) < 4.78 is 31.6. The molecular weight excluding hydrogens is 240 g/mol. The van der Waals surface area contributed by atoms with Crippen molar-refractivity contribution >= 4 is 10.0 Å². The van der Waals surface area contributed by atoms with E-state index in [1.54, 1.807) is 0 Å². The number of ether oxygens (including phenoxy) is 1. The highest BCUT2D eigenvalue weighted by molar-refractivity contribution is 7.89. The van der Waals surface area contributed by atoms with Crippen molar-refractivity contribution in [3.8, 4) is 0 Å². The molecule has 0 radical (unpaired) electrons. The molecule has 1 rings (SSSR count). The summed E-state index contributed by atoms with van der Waals surface area (Å²) >= 11 is 0. The summed E-state index contributed by atoms with van der Waals surface area (Å²) in [5.74, 6) is 0.199. The van der Waals surface area contributed by atoms with Gasteiger partial charge in [0.15, 0.2) is 0 Å². The molecule has 1 fully saturated rings. The number of unbranched alkanes of at least 4 members (excludes halogenated alkanes) is 1. The fourth-order valence-electron chi connectivity index (χ4n) is 1.90. The van der Waals surface area contributed by atoms with Crippen molar-refractivity contribution in [3.63, 3.8) is 0 Å². The van der Waals surface area contributed by atoms with Gasteiger partial charge >= 0.3 is 0 Å². The molecule has 1 unspecified atom stereocenters. The molecule has 102 valence electrons. The van der Waals surface area contributed by atoms with Crippen molar-refractivity contribution < 1.29 is 13.2 Å². The highest BCUT2D eigenvalue weighted by Gasteiger charge is 2.30. The van der Waals surface area contributed by atoms with Crippen molar-refractivity contribution in [2.75, 3.05) is 32.5 Å². The van der Waals surface area contributed by atoms with Gasteiger partial charge in [-0.05, 0) is 46.2 Å². The van der Waals surface area contributed by atoms with Crippen LogP contribution in [0.2, 0.25) is 0 Å². The summed E-state index contributed by atoms with van der Waals surface area (Å²) in [5.41, 5.74) is -0.307. The second kappa shape index (κ2) is 6.68. The lowest BCUT2D eigenvalue weighted by molar-refractivity contribution is 0.0250. The second-order valence-electron chi connectivity index (χ2n) is 4.85. The summed E-state index contributed by atoms with van der Waals surface area (Å²) in [6, 6.07) is 0. The van der Waals surface area contributed by atoms with E-state index in [4.69, 9.17) is 4.74 Å². The minimum absolute atomic E-state index is 0.199. The molecule has 5 nitrogen and oxygen atoms in total. The van der Waals surface area contributed by atoms with Gasteiger partial charge in [-0.3, -0.25) is 0 Å². The van der Waals surface area contributed by atoms with Gasteiger partial charge in [0, 0.05) is 13.2 Å². The van der Waals surface area contributed by atoms with Gasteiger partial charge in [-0.1, -0.05) is 0 Å². The average Bonchev–Trinajstić information content (AvgIpc) is 2.70. The predicted octanol–water partition coefficient (Wildman–Crippen LogP) is 0.475. The molecule has 0 saturated carbocycles. The Morgan fingerprint density at radius 2 is 2.12 bits per heavy atom. The molecule has 0 spiro atoms. The number of rotatable bonds is 8.